The summed E-state index contributed by atoms with van der Waals surface area (Å²) in [6.07, 6.45) is 0. The van der Waals surface area contributed by atoms with Gasteiger partial charge in [0.1, 0.15) is 16.4 Å². The van der Waals surface area contributed by atoms with E-state index in [2.05, 4.69) is 20.9 Å². The lowest BCUT2D eigenvalue weighted by Gasteiger charge is -2.14. The molecule has 19 nitrogen and oxygen atoms in total. The lowest BCUT2D eigenvalue weighted by Crippen LogP contribution is -2.19. The van der Waals surface area contributed by atoms with Crippen LogP contribution in [0.1, 0.15) is 5.56 Å². The van der Waals surface area contributed by atoms with Crippen molar-refractivity contribution in [3.8, 4) is 17.2 Å². The van der Waals surface area contributed by atoms with E-state index in [1.54, 1.807) is 6.92 Å². The highest BCUT2D eigenvalue weighted by Crippen LogP contribution is 2.42. The average molecular weight is 873 g/mol. The molecular formula is C35H28N4O15S4. The van der Waals surface area contributed by atoms with E-state index in [1.807, 2.05) is 0 Å². The Morgan fingerprint density at radius 3 is 1.83 bits per heavy atom. The number of ether oxygens (including phenoxy) is 1. The first kappa shape index (κ1) is 41.4. The summed E-state index contributed by atoms with van der Waals surface area (Å²) >= 11 is 0. The van der Waals surface area contributed by atoms with Crippen molar-refractivity contribution < 1.29 is 66.2 Å². The van der Waals surface area contributed by atoms with Gasteiger partial charge >= 0.3 is 16.1 Å². The Morgan fingerprint density at radius 2 is 1.21 bits per heavy atom. The Kier molecular flexibility index (Phi) is 10.9. The van der Waals surface area contributed by atoms with Crippen molar-refractivity contribution in [1.29, 1.82) is 0 Å². The molecule has 0 spiro atoms. The number of benzene rings is 6. The molecule has 0 fully saturated rings. The number of rotatable bonds is 11. The monoisotopic (exact) mass is 872 g/mol. The van der Waals surface area contributed by atoms with E-state index in [0.29, 0.717) is 11.6 Å². The topological polar surface area (TPSA) is 302 Å². The van der Waals surface area contributed by atoms with Gasteiger partial charge < -0.3 is 24.7 Å². The van der Waals surface area contributed by atoms with E-state index in [-0.39, 0.29) is 49.3 Å². The van der Waals surface area contributed by atoms with Gasteiger partial charge in [0.15, 0.2) is 5.75 Å². The largest absolute Gasteiger partial charge is 0.507 e. The highest BCUT2D eigenvalue weighted by atomic mass is 32.2. The molecule has 6 aromatic rings. The molecule has 23 heteroatoms. The van der Waals surface area contributed by atoms with Crippen LogP contribution in [0.2, 0.25) is 0 Å². The number of carbonyl (C=O) groups is 1. The highest BCUT2D eigenvalue weighted by Gasteiger charge is 2.25. The van der Waals surface area contributed by atoms with Gasteiger partial charge in [-0.2, -0.15) is 38.8 Å². The van der Waals surface area contributed by atoms with Gasteiger partial charge in [0.05, 0.1) is 44.2 Å². The summed E-state index contributed by atoms with van der Waals surface area (Å²) in [6.45, 7) is 1.55. The summed E-state index contributed by atoms with van der Waals surface area (Å²) in [5, 5.41) is 23.4. The Bertz CT molecular complexity index is 3150. The fraction of sp³-hybridized carbons (Fsp3) is 0.0571. The molecule has 58 heavy (non-hydrogen) atoms. The molecule has 0 aliphatic carbocycles. The molecule has 0 aromatic heterocycles. The standard InChI is InChI=1S/C35H28N4O15S4/c1-19-10-29(37-35(41)36-22-8-9-27-20(11-22)12-25(16-31(27)40)56(45,46)47)32(53-2)18-28(19)38-39-30-15-24(55(42,43)44)13-21-14-26(57(48,49)50)17-33(34(21)30)54-58(51,52)23-6-4-3-5-7-23/h3-18,40H,1-2H3,(H2,36,37,41)(H,42,43,44)(H,45,46,47)(H,48,49,50). The number of amides is 2. The zero-order valence-corrected chi connectivity index (χ0v) is 32.8. The summed E-state index contributed by atoms with van der Waals surface area (Å²) in [5.74, 6) is -1.09. The summed E-state index contributed by atoms with van der Waals surface area (Å²) in [4.78, 5) is 10.5. The van der Waals surface area contributed by atoms with Gasteiger partial charge in [-0.05, 0) is 83.9 Å². The molecule has 0 heterocycles. The van der Waals surface area contributed by atoms with E-state index in [4.69, 9.17) is 8.92 Å². The molecule has 0 saturated heterocycles. The first-order valence-electron chi connectivity index (χ1n) is 16.0. The van der Waals surface area contributed by atoms with Crippen LogP contribution in [0.15, 0.2) is 127 Å². The smallest absolute Gasteiger partial charge is 0.339 e. The van der Waals surface area contributed by atoms with Crippen LogP contribution in [0.4, 0.5) is 27.5 Å². The van der Waals surface area contributed by atoms with Gasteiger partial charge in [-0.1, -0.05) is 18.2 Å². The number of fused-ring (bicyclic) bond motifs is 2. The predicted molar refractivity (Wildman–Crippen MR) is 208 cm³/mol. The molecule has 0 aliphatic heterocycles. The number of carbonyl (C=O) groups excluding carboxylic acids is 1. The number of hydrogen-bond donors (Lipinski definition) is 6. The summed E-state index contributed by atoms with van der Waals surface area (Å²) in [5.41, 5.74) is 0.248. The van der Waals surface area contributed by atoms with Crippen LogP contribution in [0.3, 0.4) is 0 Å². The summed E-state index contributed by atoms with van der Waals surface area (Å²) in [7, 11) is -18.1. The van der Waals surface area contributed by atoms with Gasteiger partial charge in [0, 0.05) is 29.3 Å². The van der Waals surface area contributed by atoms with E-state index in [9.17, 15) is 57.2 Å². The van der Waals surface area contributed by atoms with Crippen LogP contribution in [0.5, 0.6) is 17.2 Å². The van der Waals surface area contributed by atoms with Crippen molar-refractivity contribution in [1.82, 2.24) is 0 Å². The van der Waals surface area contributed by atoms with Gasteiger partial charge in [-0.15, -0.1) is 5.11 Å². The number of phenolic OH excluding ortho intramolecular Hbond substituents is 1. The molecule has 6 N–H and O–H groups in total. The second-order valence-corrected chi connectivity index (χ2v) is 18.0. The van der Waals surface area contributed by atoms with Crippen molar-refractivity contribution in [2.75, 3.05) is 17.7 Å². The van der Waals surface area contributed by atoms with Crippen LogP contribution in [-0.4, -0.2) is 65.6 Å². The van der Waals surface area contributed by atoms with Crippen LogP contribution < -0.4 is 19.6 Å². The van der Waals surface area contributed by atoms with Crippen LogP contribution in [0, 0.1) is 6.92 Å². The number of methoxy groups -OCH3 is 1. The zero-order valence-electron chi connectivity index (χ0n) is 29.5. The third-order valence-corrected chi connectivity index (χ3v) is 12.0. The lowest BCUT2D eigenvalue weighted by molar-refractivity contribution is 0.262. The molecule has 0 radical (unpaired) electrons. The summed E-state index contributed by atoms with van der Waals surface area (Å²) in [6, 6.07) is 18.0. The number of azo groups is 1. The van der Waals surface area contributed by atoms with E-state index in [1.165, 1.54) is 67.8 Å². The maximum absolute atomic E-state index is 13.2. The molecule has 2 amide bonds. The average Bonchev–Trinajstić information content (AvgIpc) is 3.13. The number of phenols is 1. The Morgan fingerprint density at radius 1 is 0.621 bits per heavy atom. The molecular weight excluding hydrogens is 845 g/mol. The molecule has 0 atom stereocenters. The second kappa shape index (κ2) is 15.3. The van der Waals surface area contributed by atoms with Crippen LogP contribution in [0.25, 0.3) is 21.5 Å². The minimum Gasteiger partial charge on any atom is -0.507 e. The van der Waals surface area contributed by atoms with Crippen molar-refractivity contribution in [2.24, 2.45) is 10.2 Å². The molecule has 0 saturated carbocycles. The number of nitrogens with zero attached hydrogens (tertiary/aromatic N) is 2. The van der Waals surface area contributed by atoms with E-state index < -0.39 is 78.4 Å². The molecule has 6 aromatic carbocycles. The SMILES string of the molecule is COc1cc(N=Nc2cc(S(=O)(=O)O)cc3cc(S(=O)(=O)O)cc(OS(=O)(=O)c4ccccc4)c23)c(C)cc1NC(=O)Nc1ccc2c(O)cc(S(=O)(=O)O)cc2c1. The maximum atomic E-state index is 13.2. The maximum Gasteiger partial charge on any atom is 0.339 e. The van der Waals surface area contributed by atoms with Crippen molar-refractivity contribution in [2.45, 2.75) is 26.5 Å². The lowest BCUT2D eigenvalue weighted by atomic mass is 10.1. The fourth-order valence-electron chi connectivity index (χ4n) is 5.59. The molecule has 302 valence electrons. The molecule has 0 bridgehead atoms. The number of anilines is 2. The van der Waals surface area contributed by atoms with Crippen LogP contribution >= 0.6 is 0 Å². The van der Waals surface area contributed by atoms with Crippen molar-refractivity contribution in [3.63, 3.8) is 0 Å². The second-order valence-electron chi connectivity index (χ2n) is 12.2. The van der Waals surface area contributed by atoms with Gasteiger partial charge in [-0.25, -0.2) is 4.79 Å². The fourth-order valence-corrected chi connectivity index (χ4v) is 8.15. The molecule has 0 unspecified atom stereocenters. The predicted octanol–water partition coefficient (Wildman–Crippen LogP) is 6.58. The van der Waals surface area contributed by atoms with E-state index >= 15 is 0 Å². The zero-order chi connectivity index (χ0) is 42.4. The number of aromatic hydroxyl groups is 1. The van der Waals surface area contributed by atoms with Gasteiger partial charge in [-0.3, -0.25) is 13.7 Å². The van der Waals surface area contributed by atoms with Gasteiger partial charge in [0.25, 0.3) is 30.4 Å². The normalized spacial score (nSPS) is 12.5. The Hall–Kier alpha value is -6.21. The summed E-state index contributed by atoms with van der Waals surface area (Å²) < 4.78 is 139. The van der Waals surface area contributed by atoms with E-state index in [0.717, 1.165) is 30.3 Å². The van der Waals surface area contributed by atoms with Gasteiger partial charge in [0.2, 0.25) is 0 Å². The Labute approximate surface area is 330 Å². The number of hydrogen-bond acceptors (Lipinski definition) is 14. The minimum absolute atomic E-state index is 0.0308. The third-order valence-electron chi connectivity index (χ3n) is 8.26. The quantitative estimate of drug-likeness (QED) is 0.0455. The Balaban J connectivity index is 1.38. The number of aryl methyl sites for hydroxylation is 1. The number of nitrogens with one attached hydrogen (secondary N) is 2. The first-order valence-corrected chi connectivity index (χ1v) is 21.8. The van der Waals surface area contributed by atoms with Crippen LogP contribution in [-0.2, 0) is 40.5 Å². The minimum atomic E-state index is -5.04. The highest BCUT2D eigenvalue weighted by molar-refractivity contribution is 7.87. The van der Waals surface area contributed by atoms with Crippen molar-refractivity contribution in [3.05, 3.63) is 103 Å². The first-order chi connectivity index (χ1) is 27.0. The molecule has 6 rings (SSSR count). The third kappa shape index (κ3) is 8.99. The van der Waals surface area contributed by atoms with Crippen molar-refractivity contribution >= 4 is 90.8 Å². The molecule has 0 aliphatic rings. The number of urea groups is 1.